The second-order valence-electron chi connectivity index (χ2n) is 9.88. The molecule has 12 heteroatoms. The maximum atomic E-state index is 14.1. The van der Waals surface area contributed by atoms with Crippen LogP contribution in [0.1, 0.15) is 32.3 Å². The van der Waals surface area contributed by atoms with Gasteiger partial charge in [-0.2, -0.15) is 0 Å². The number of hydrogen-bond donors (Lipinski definition) is 1. The SMILES string of the molecule is CCCNC(=O)[C@@H](CC)N(Cc1ccc(OC)cc1)C(=O)CN(c1ccc(F)cc1)S(=O)(=O)c1ccc2c(c1)OCCO2. The molecule has 0 bridgehead atoms. The number of carbonyl (C=O) groups excluding carboxylic acids is 2. The fraction of sp³-hybridized carbons (Fsp3) is 0.355. The van der Waals surface area contributed by atoms with Gasteiger partial charge in [-0.3, -0.25) is 13.9 Å². The summed E-state index contributed by atoms with van der Waals surface area (Å²) in [5.41, 5.74) is 0.802. The zero-order chi connectivity index (χ0) is 31.0. The first-order chi connectivity index (χ1) is 20.7. The van der Waals surface area contributed by atoms with E-state index in [9.17, 15) is 22.4 Å². The number of carbonyl (C=O) groups is 2. The molecular formula is C31H36FN3O7S. The number of benzene rings is 3. The van der Waals surface area contributed by atoms with Crippen LogP contribution in [0.3, 0.4) is 0 Å². The molecule has 0 unspecified atom stereocenters. The Morgan fingerprint density at radius 1 is 0.977 bits per heavy atom. The third kappa shape index (κ3) is 7.56. The minimum Gasteiger partial charge on any atom is -0.497 e. The second-order valence-corrected chi connectivity index (χ2v) is 11.7. The summed E-state index contributed by atoms with van der Waals surface area (Å²) in [6.07, 6.45) is 1.00. The van der Waals surface area contributed by atoms with Crippen molar-refractivity contribution in [2.45, 2.75) is 44.2 Å². The maximum absolute atomic E-state index is 14.1. The first-order valence-electron chi connectivity index (χ1n) is 14.1. The van der Waals surface area contributed by atoms with E-state index in [2.05, 4.69) is 5.32 Å². The fourth-order valence-electron chi connectivity index (χ4n) is 4.66. The number of nitrogens with zero attached hydrogens (tertiary/aromatic N) is 2. The van der Waals surface area contributed by atoms with Gasteiger partial charge in [-0.05, 0) is 66.9 Å². The van der Waals surface area contributed by atoms with Crippen LogP contribution in [0.5, 0.6) is 17.2 Å². The number of fused-ring (bicyclic) bond motifs is 1. The van der Waals surface area contributed by atoms with Gasteiger partial charge in [0.2, 0.25) is 11.8 Å². The van der Waals surface area contributed by atoms with Crippen LogP contribution in [0.4, 0.5) is 10.1 Å². The summed E-state index contributed by atoms with van der Waals surface area (Å²) < 4.78 is 59.3. The first kappa shape index (κ1) is 31.6. The summed E-state index contributed by atoms with van der Waals surface area (Å²) in [7, 11) is -2.82. The van der Waals surface area contributed by atoms with Gasteiger partial charge in [-0.1, -0.05) is 26.0 Å². The Morgan fingerprint density at radius 2 is 1.65 bits per heavy atom. The minimum atomic E-state index is -4.37. The number of rotatable bonds is 13. The lowest BCUT2D eigenvalue weighted by Gasteiger charge is -2.33. The van der Waals surface area contributed by atoms with Crippen molar-refractivity contribution >= 4 is 27.5 Å². The molecule has 0 spiro atoms. The Bertz CT molecular complexity index is 1520. The van der Waals surface area contributed by atoms with Gasteiger partial charge in [0.05, 0.1) is 17.7 Å². The van der Waals surface area contributed by atoms with Crippen molar-refractivity contribution in [1.29, 1.82) is 0 Å². The van der Waals surface area contributed by atoms with Crippen LogP contribution in [0.2, 0.25) is 0 Å². The van der Waals surface area contributed by atoms with Crippen LogP contribution in [-0.4, -0.2) is 64.6 Å². The number of halogens is 1. The van der Waals surface area contributed by atoms with Crippen molar-refractivity contribution in [2.75, 3.05) is 37.7 Å². The van der Waals surface area contributed by atoms with Crippen molar-refractivity contribution in [3.8, 4) is 17.2 Å². The van der Waals surface area contributed by atoms with Gasteiger partial charge in [-0.15, -0.1) is 0 Å². The Kier molecular flexibility index (Phi) is 10.5. The van der Waals surface area contributed by atoms with E-state index >= 15 is 0 Å². The molecule has 1 atom stereocenters. The average molecular weight is 614 g/mol. The van der Waals surface area contributed by atoms with E-state index in [-0.39, 0.29) is 35.4 Å². The van der Waals surface area contributed by atoms with Crippen LogP contribution in [0.15, 0.2) is 71.6 Å². The molecule has 0 aromatic heterocycles. The van der Waals surface area contributed by atoms with Crippen LogP contribution in [0.25, 0.3) is 0 Å². The Hall–Kier alpha value is -4.32. The number of nitrogens with one attached hydrogen (secondary N) is 1. The number of hydrogen-bond acceptors (Lipinski definition) is 7. The summed E-state index contributed by atoms with van der Waals surface area (Å²) >= 11 is 0. The van der Waals surface area contributed by atoms with E-state index < -0.39 is 34.3 Å². The maximum Gasteiger partial charge on any atom is 0.264 e. The molecule has 43 heavy (non-hydrogen) atoms. The molecule has 0 saturated carbocycles. The van der Waals surface area contributed by atoms with Crippen molar-refractivity contribution in [3.05, 3.63) is 78.1 Å². The van der Waals surface area contributed by atoms with Gasteiger partial charge in [0, 0.05) is 19.2 Å². The predicted octanol–water partition coefficient (Wildman–Crippen LogP) is 4.13. The normalized spacial score (nSPS) is 13.1. The van der Waals surface area contributed by atoms with E-state index in [4.69, 9.17) is 14.2 Å². The lowest BCUT2D eigenvalue weighted by molar-refractivity contribution is -0.140. The second kappa shape index (κ2) is 14.2. The first-order valence-corrected chi connectivity index (χ1v) is 15.5. The number of amides is 2. The third-order valence-electron chi connectivity index (χ3n) is 6.94. The summed E-state index contributed by atoms with van der Waals surface area (Å²) in [5, 5.41) is 2.85. The average Bonchev–Trinajstić information content (AvgIpc) is 3.02. The number of ether oxygens (including phenoxy) is 3. The topological polar surface area (TPSA) is 114 Å². The van der Waals surface area contributed by atoms with Crippen molar-refractivity contribution in [2.24, 2.45) is 0 Å². The molecule has 230 valence electrons. The minimum absolute atomic E-state index is 0.0439. The van der Waals surface area contributed by atoms with Gasteiger partial charge in [-0.25, -0.2) is 12.8 Å². The molecule has 1 aliphatic heterocycles. The highest BCUT2D eigenvalue weighted by Crippen LogP contribution is 2.34. The standard InChI is InChI=1S/C31H36FN3O7S/c1-4-16-33-31(37)27(5-2)34(20-22-6-12-25(40-3)13-7-22)30(36)21-35(24-10-8-23(32)9-11-24)43(38,39)26-14-15-28-29(19-26)42-18-17-41-28/h6-15,19,27H,4-5,16-18,20-21H2,1-3H3,(H,33,37)/t27-/m1/s1. The number of anilines is 1. The molecular weight excluding hydrogens is 577 g/mol. The molecule has 1 heterocycles. The highest BCUT2D eigenvalue weighted by Gasteiger charge is 2.34. The van der Waals surface area contributed by atoms with E-state index in [0.29, 0.717) is 37.5 Å². The zero-order valence-corrected chi connectivity index (χ0v) is 25.2. The predicted molar refractivity (Wildman–Crippen MR) is 159 cm³/mol. The Labute approximate surface area is 251 Å². The van der Waals surface area contributed by atoms with E-state index in [1.165, 1.54) is 35.2 Å². The molecule has 2 amide bonds. The molecule has 4 rings (SSSR count). The van der Waals surface area contributed by atoms with Crippen molar-refractivity contribution in [1.82, 2.24) is 10.2 Å². The van der Waals surface area contributed by atoms with Crippen molar-refractivity contribution in [3.63, 3.8) is 0 Å². The molecule has 0 radical (unpaired) electrons. The van der Waals surface area contributed by atoms with Gasteiger partial charge in [0.1, 0.15) is 37.4 Å². The summed E-state index contributed by atoms with van der Waals surface area (Å²) in [4.78, 5) is 28.5. The summed E-state index contributed by atoms with van der Waals surface area (Å²) in [6, 6.07) is 15.2. The van der Waals surface area contributed by atoms with Crippen LogP contribution in [0, 0.1) is 5.82 Å². The fourth-order valence-corrected chi connectivity index (χ4v) is 6.09. The molecule has 0 fully saturated rings. The molecule has 1 aliphatic rings. The van der Waals surface area contributed by atoms with Gasteiger partial charge in [0.15, 0.2) is 11.5 Å². The molecule has 3 aromatic carbocycles. The lowest BCUT2D eigenvalue weighted by Crippen LogP contribution is -2.52. The summed E-state index contributed by atoms with van der Waals surface area (Å²) in [6.45, 7) is 4.14. The molecule has 10 nitrogen and oxygen atoms in total. The van der Waals surface area contributed by atoms with Gasteiger partial charge in [0.25, 0.3) is 10.0 Å². The largest absolute Gasteiger partial charge is 0.497 e. The van der Waals surface area contributed by atoms with Gasteiger partial charge >= 0.3 is 0 Å². The van der Waals surface area contributed by atoms with E-state index in [0.717, 1.165) is 22.0 Å². The van der Waals surface area contributed by atoms with Gasteiger partial charge < -0.3 is 24.4 Å². The molecule has 0 saturated heterocycles. The summed E-state index contributed by atoms with van der Waals surface area (Å²) in [5.74, 6) is -0.218. The number of sulfonamides is 1. The third-order valence-corrected chi connectivity index (χ3v) is 8.71. The van der Waals surface area contributed by atoms with Crippen LogP contribution >= 0.6 is 0 Å². The van der Waals surface area contributed by atoms with Crippen molar-refractivity contribution < 1.29 is 36.6 Å². The van der Waals surface area contributed by atoms with Crippen LogP contribution < -0.4 is 23.8 Å². The molecule has 3 aromatic rings. The highest BCUT2D eigenvalue weighted by atomic mass is 32.2. The molecule has 1 N–H and O–H groups in total. The molecule has 0 aliphatic carbocycles. The van der Waals surface area contributed by atoms with Crippen LogP contribution in [-0.2, 0) is 26.2 Å². The quantitative estimate of drug-likeness (QED) is 0.308. The lowest BCUT2D eigenvalue weighted by atomic mass is 10.1. The Balaban J connectivity index is 1.73. The Morgan fingerprint density at radius 3 is 2.28 bits per heavy atom. The van der Waals surface area contributed by atoms with E-state index in [1.807, 2.05) is 6.92 Å². The monoisotopic (exact) mass is 613 g/mol. The number of methoxy groups -OCH3 is 1. The smallest absolute Gasteiger partial charge is 0.264 e. The van der Waals surface area contributed by atoms with E-state index in [1.54, 1.807) is 38.3 Å². The zero-order valence-electron chi connectivity index (χ0n) is 24.4. The highest BCUT2D eigenvalue weighted by molar-refractivity contribution is 7.92.